The first kappa shape index (κ1) is 21.8. The molecule has 0 atom stereocenters. The lowest BCUT2D eigenvalue weighted by Crippen LogP contribution is -2.49. The van der Waals surface area contributed by atoms with Crippen molar-refractivity contribution >= 4 is 17.4 Å². The molecule has 1 aliphatic rings. The first-order valence-corrected chi connectivity index (χ1v) is 10.6. The van der Waals surface area contributed by atoms with E-state index >= 15 is 0 Å². The Morgan fingerprint density at radius 2 is 1.73 bits per heavy atom. The van der Waals surface area contributed by atoms with Crippen molar-refractivity contribution in [1.29, 1.82) is 5.26 Å². The number of hydrogen-bond acceptors (Lipinski definition) is 5. The molecular weight excluding hydrogens is 374 g/mol. The van der Waals surface area contributed by atoms with Gasteiger partial charge in [-0.25, -0.2) is 4.98 Å². The molecule has 1 saturated heterocycles. The van der Waals surface area contributed by atoms with Gasteiger partial charge >= 0.3 is 0 Å². The summed E-state index contributed by atoms with van der Waals surface area (Å²) in [7, 11) is 0. The van der Waals surface area contributed by atoms with Gasteiger partial charge in [-0.2, -0.15) is 5.26 Å². The van der Waals surface area contributed by atoms with Crippen molar-refractivity contribution in [3.8, 4) is 6.07 Å². The number of nitrogens with zero attached hydrogens (tertiary/aromatic N) is 4. The maximum absolute atomic E-state index is 12.9. The van der Waals surface area contributed by atoms with Crippen molar-refractivity contribution in [2.24, 2.45) is 0 Å². The van der Waals surface area contributed by atoms with E-state index in [4.69, 9.17) is 5.26 Å². The zero-order valence-electron chi connectivity index (χ0n) is 18.4. The molecule has 1 aromatic heterocycles. The van der Waals surface area contributed by atoms with Crippen LogP contribution in [-0.2, 0) is 4.79 Å². The van der Waals surface area contributed by atoms with Crippen LogP contribution < -0.4 is 10.2 Å². The number of aromatic nitrogens is 1. The van der Waals surface area contributed by atoms with Crippen molar-refractivity contribution < 1.29 is 4.79 Å². The lowest BCUT2D eigenvalue weighted by atomic mass is 9.92. The number of anilines is 2. The summed E-state index contributed by atoms with van der Waals surface area (Å²) in [6.07, 6.45) is 1.67. The molecule has 0 spiro atoms. The highest BCUT2D eigenvalue weighted by Crippen LogP contribution is 2.32. The number of para-hydroxylation sites is 1. The van der Waals surface area contributed by atoms with Crippen LogP contribution >= 0.6 is 0 Å². The summed E-state index contributed by atoms with van der Waals surface area (Å²) in [5.74, 6) is 1.55. The van der Waals surface area contributed by atoms with Crippen molar-refractivity contribution in [2.45, 2.75) is 39.5 Å². The highest BCUT2D eigenvalue weighted by molar-refractivity contribution is 5.94. The monoisotopic (exact) mass is 405 g/mol. The van der Waals surface area contributed by atoms with Crippen molar-refractivity contribution in [3.05, 3.63) is 53.2 Å². The fraction of sp³-hybridized carbons (Fsp3) is 0.458. The number of rotatable bonds is 6. The summed E-state index contributed by atoms with van der Waals surface area (Å²) < 4.78 is 0. The Bertz CT molecular complexity index is 897. The van der Waals surface area contributed by atoms with Crippen molar-refractivity contribution in [3.63, 3.8) is 0 Å². The normalized spacial score (nSPS) is 14.8. The fourth-order valence-corrected chi connectivity index (χ4v) is 3.87. The smallest absolute Gasteiger partial charge is 0.238 e. The molecule has 0 radical (unpaired) electrons. The van der Waals surface area contributed by atoms with E-state index in [1.165, 1.54) is 11.1 Å². The molecule has 1 aliphatic heterocycles. The summed E-state index contributed by atoms with van der Waals surface area (Å²) in [5.41, 5.74) is 3.96. The molecule has 0 unspecified atom stereocenters. The molecule has 1 aromatic carbocycles. The summed E-state index contributed by atoms with van der Waals surface area (Å²) in [5, 5.41) is 12.3. The topological polar surface area (TPSA) is 72.3 Å². The highest BCUT2D eigenvalue weighted by atomic mass is 16.2. The second kappa shape index (κ2) is 9.73. The third-order valence-electron chi connectivity index (χ3n) is 5.58. The second-order valence-electron chi connectivity index (χ2n) is 8.45. The van der Waals surface area contributed by atoms with Gasteiger partial charge in [0, 0.05) is 38.1 Å². The molecule has 2 heterocycles. The Labute approximate surface area is 179 Å². The minimum absolute atomic E-state index is 0.0306. The van der Waals surface area contributed by atoms with Gasteiger partial charge in [-0.15, -0.1) is 0 Å². The molecule has 0 aliphatic carbocycles. The quantitative estimate of drug-likeness (QED) is 0.788. The summed E-state index contributed by atoms with van der Waals surface area (Å²) in [4.78, 5) is 21.6. The first-order chi connectivity index (χ1) is 14.4. The maximum Gasteiger partial charge on any atom is 0.238 e. The predicted octanol–water partition coefficient (Wildman–Crippen LogP) is 3.96. The number of amides is 1. The van der Waals surface area contributed by atoms with Crippen molar-refractivity contribution in [2.75, 3.05) is 42.9 Å². The van der Waals surface area contributed by atoms with E-state index in [2.05, 4.69) is 72.1 Å². The lowest BCUT2D eigenvalue weighted by molar-refractivity contribution is -0.117. The number of hydrogen-bond donors (Lipinski definition) is 1. The van der Waals surface area contributed by atoms with Crippen molar-refractivity contribution in [1.82, 2.24) is 9.88 Å². The Hall–Kier alpha value is -2.91. The number of nitriles is 1. The Kier molecular flexibility index (Phi) is 7.07. The molecule has 158 valence electrons. The van der Waals surface area contributed by atoms with E-state index < -0.39 is 0 Å². The van der Waals surface area contributed by atoms with Gasteiger partial charge in [0.25, 0.3) is 0 Å². The summed E-state index contributed by atoms with van der Waals surface area (Å²) in [6.45, 7) is 12.2. The van der Waals surface area contributed by atoms with Crippen LogP contribution in [0.3, 0.4) is 0 Å². The van der Waals surface area contributed by atoms with Gasteiger partial charge in [0.1, 0.15) is 5.82 Å². The van der Waals surface area contributed by atoms with Gasteiger partial charge in [0.15, 0.2) is 0 Å². The highest BCUT2D eigenvalue weighted by Gasteiger charge is 2.22. The average molecular weight is 406 g/mol. The molecule has 30 heavy (non-hydrogen) atoms. The van der Waals surface area contributed by atoms with Crippen LogP contribution in [0.5, 0.6) is 0 Å². The number of carbonyl (C=O) groups excluding carboxylic acids is 1. The van der Waals surface area contributed by atoms with Crippen LogP contribution in [0.25, 0.3) is 0 Å². The third kappa shape index (κ3) is 5.17. The van der Waals surface area contributed by atoms with E-state index in [9.17, 15) is 4.79 Å². The SMILES string of the molecule is CC(C)c1cccc(C(C)C)c1NC(=O)CN1CCN(c2cc(C#N)ccn2)CC1. The number of benzene rings is 1. The van der Waals surface area contributed by atoms with Gasteiger partial charge in [-0.3, -0.25) is 9.69 Å². The second-order valence-corrected chi connectivity index (χ2v) is 8.45. The molecule has 6 heteroatoms. The molecule has 0 saturated carbocycles. The van der Waals surface area contributed by atoms with Crippen LogP contribution in [0.1, 0.15) is 56.2 Å². The molecule has 1 fully saturated rings. The average Bonchev–Trinajstić information content (AvgIpc) is 2.74. The van der Waals surface area contributed by atoms with Crippen LogP contribution in [-0.4, -0.2) is 48.5 Å². The van der Waals surface area contributed by atoms with Crippen LogP contribution in [0.15, 0.2) is 36.5 Å². The number of piperazine rings is 1. The minimum atomic E-state index is 0.0306. The largest absolute Gasteiger partial charge is 0.354 e. The molecule has 1 N–H and O–H groups in total. The van der Waals surface area contributed by atoms with E-state index in [0.717, 1.165) is 37.7 Å². The minimum Gasteiger partial charge on any atom is -0.354 e. The van der Waals surface area contributed by atoms with Crippen LogP contribution in [0.2, 0.25) is 0 Å². The summed E-state index contributed by atoms with van der Waals surface area (Å²) >= 11 is 0. The lowest BCUT2D eigenvalue weighted by Gasteiger charge is -2.35. The van der Waals surface area contributed by atoms with E-state index in [1.54, 1.807) is 12.3 Å². The van der Waals surface area contributed by atoms with Crippen LogP contribution in [0.4, 0.5) is 11.5 Å². The molecule has 3 rings (SSSR count). The maximum atomic E-state index is 12.9. The molecule has 0 bridgehead atoms. The third-order valence-corrected chi connectivity index (χ3v) is 5.58. The summed E-state index contributed by atoms with van der Waals surface area (Å²) in [6, 6.07) is 12.0. The number of pyridine rings is 1. The molecule has 6 nitrogen and oxygen atoms in total. The van der Waals surface area contributed by atoms with E-state index in [0.29, 0.717) is 23.9 Å². The fourth-order valence-electron chi connectivity index (χ4n) is 3.87. The zero-order valence-corrected chi connectivity index (χ0v) is 18.4. The van der Waals surface area contributed by atoms with Gasteiger partial charge in [0.2, 0.25) is 5.91 Å². The Morgan fingerprint density at radius 3 is 2.30 bits per heavy atom. The standard InChI is InChI=1S/C24H31N5O/c1-17(2)20-6-5-7-21(18(3)4)24(20)27-23(30)16-28-10-12-29(13-11-28)22-14-19(15-25)8-9-26-22/h5-9,14,17-18H,10-13,16H2,1-4H3,(H,27,30). The Balaban J connectivity index is 1.61. The predicted molar refractivity (Wildman–Crippen MR) is 121 cm³/mol. The Morgan fingerprint density at radius 1 is 1.10 bits per heavy atom. The van der Waals surface area contributed by atoms with Gasteiger partial charge in [0.05, 0.1) is 18.2 Å². The van der Waals surface area contributed by atoms with Crippen LogP contribution in [0, 0.1) is 11.3 Å². The zero-order chi connectivity index (χ0) is 21.7. The van der Waals surface area contributed by atoms with Gasteiger partial charge in [-0.05, 0) is 35.1 Å². The molecule has 2 aromatic rings. The molecular formula is C24H31N5O. The van der Waals surface area contributed by atoms with Gasteiger partial charge in [-0.1, -0.05) is 45.9 Å². The molecule has 1 amide bonds. The number of nitrogens with one attached hydrogen (secondary N) is 1. The number of carbonyl (C=O) groups is 1. The first-order valence-electron chi connectivity index (χ1n) is 10.6. The van der Waals surface area contributed by atoms with Gasteiger partial charge < -0.3 is 10.2 Å². The van der Waals surface area contributed by atoms with E-state index in [-0.39, 0.29) is 5.91 Å². The van der Waals surface area contributed by atoms with E-state index in [1.807, 2.05) is 6.07 Å².